The molecule has 6 heteroatoms. The Morgan fingerprint density at radius 2 is 2.00 bits per heavy atom. The smallest absolute Gasteiger partial charge is 0.153 e. The first-order valence-electron chi connectivity index (χ1n) is 7.18. The van der Waals surface area contributed by atoms with Gasteiger partial charge in [0.25, 0.3) is 0 Å². The molecule has 1 atom stereocenters. The fraction of sp³-hybridized carbons (Fsp3) is 0.118. The highest BCUT2D eigenvalue weighted by molar-refractivity contribution is 6.29. The van der Waals surface area contributed by atoms with Gasteiger partial charge in [-0.1, -0.05) is 24.6 Å². The van der Waals surface area contributed by atoms with Crippen molar-refractivity contribution in [3.05, 3.63) is 71.0 Å². The fourth-order valence-corrected chi connectivity index (χ4v) is 2.93. The summed E-state index contributed by atoms with van der Waals surface area (Å²) in [6, 6.07) is 10.5. The van der Waals surface area contributed by atoms with Crippen LogP contribution in [0, 0.1) is 5.82 Å². The zero-order valence-electron chi connectivity index (χ0n) is 12.2. The topological polar surface area (TPSA) is 43.1 Å². The van der Waals surface area contributed by atoms with Crippen LogP contribution in [0.15, 0.2) is 48.8 Å². The maximum absolute atomic E-state index is 14.9. The third-order valence-corrected chi connectivity index (χ3v) is 4.22. The Morgan fingerprint density at radius 3 is 2.87 bits per heavy atom. The van der Waals surface area contributed by atoms with Gasteiger partial charge in [0.2, 0.25) is 0 Å². The van der Waals surface area contributed by atoms with Crippen LogP contribution >= 0.6 is 11.6 Å². The van der Waals surface area contributed by atoms with Crippen molar-refractivity contribution in [2.24, 2.45) is 0 Å². The molecule has 0 radical (unpaired) electrons. The van der Waals surface area contributed by atoms with Gasteiger partial charge in [0.15, 0.2) is 5.65 Å². The first-order valence-corrected chi connectivity index (χ1v) is 7.56. The molecule has 0 aliphatic rings. The Kier molecular flexibility index (Phi) is 3.23. The molecule has 1 aromatic carbocycles. The number of nitrogens with zero attached hydrogens (tertiary/aromatic N) is 4. The molecule has 4 nitrogen and oxygen atoms in total. The highest BCUT2D eigenvalue weighted by Crippen LogP contribution is 2.30. The van der Waals surface area contributed by atoms with Gasteiger partial charge in [0.1, 0.15) is 11.0 Å². The maximum Gasteiger partial charge on any atom is 0.153 e. The second kappa shape index (κ2) is 5.28. The van der Waals surface area contributed by atoms with Crippen LogP contribution in [0.5, 0.6) is 0 Å². The SMILES string of the molecule is C[C@@H](c1ccc2ncccc2c1F)c1cnc2ccc(Cl)nn12. The number of imidazole rings is 1. The fourth-order valence-electron chi connectivity index (χ4n) is 2.79. The lowest BCUT2D eigenvalue weighted by atomic mass is 9.96. The van der Waals surface area contributed by atoms with E-state index in [1.807, 2.05) is 13.0 Å². The molecular weight excluding hydrogens is 315 g/mol. The van der Waals surface area contributed by atoms with Crippen molar-refractivity contribution >= 4 is 28.2 Å². The van der Waals surface area contributed by atoms with Gasteiger partial charge >= 0.3 is 0 Å². The third-order valence-electron chi connectivity index (χ3n) is 4.02. The Hall–Kier alpha value is -2.53. The molecule has 0 spiro atoms. The molecule has 3 aromatic heterocycles. The number of halogens is 2. The summed E-state index contributed by atoms with van der Waals surface area (Å²) in [6.45, 7) is 1.92. The maximum atomic E-state index is 14.9. The molecule has 0 bridgehead atoms. The van der Waals surface area contributed by atoms with Crippen molar-refractivity contribution in [3.63, 3.8) is 0 Å². The molecule has 0 unspecified atom stereocenters. The molecule has 0 amide bonds. The van der Waals surface area contributed by atoms with Crippen molar-refractivity contribution in [3.8, 4) is 0 Å². The first-order chi connectivity index (χ1) is 11.1. The minimum absolute atomic E-state index is 0.222. The number of aromatic nitrogens is 4. The van der Waals surface area contributed by atoms with E-state index in [1.54, 1.807) is 47.2 Å². The number of fused-ring (bicyclic) bond motifs is 2. The Balaban J connectivity index is 1.89. The van der Waals surface area contributed by atoms with Crippen molar-refractivity contribution in [1.29, 1.82) is 0 Å². The molecule has 0 N–H and O–H groups in total. The van der Waals surface area contributed by atoms with E-state index in [1.165, 1.54) is 0 Å². The highest BCUT2D eigenvalue weighted by atomic mass is 35.5. The van der Waals surface area contributed by atoms with E-state index in [2.05, 4.69) is 15.1 Å². The standard InChI is InChI=1S/C17H12ClFN4/c1-10(14-9-21-16-7-6-15(18)22-23(14)16)11-4-5-13-12(17(11)19)3-2-8-20-13/h2-10H,1H3/t10-/m0/s1. The molecule has 3 heterocycles. The van der Waals surface area contributed by atoms with E-state index in [-0.39, 0.29) is 11.7 Å². The Labute approximate surface area is 136 Å². The van der Waals surface area contributed by atoms with Crippen molar-refractivity contribution in [1.82, 2.24) is 19.6 Å². The molecule has 0 saturated carbocycles. The lowest BCUT2D eigenvalue weighted by Crippen LogP contribution is -2.05. The summed E-state index contributed by atoms with van der Waals surface area (Å²) in [7, 11) is 0. The van der Waals surface area contributed by atoms with Crippen LogP contribution in [-0.2, 0) is 0 Å². The van der Waals surface area contributed by atoms with Crippen LogP contribution in [0.1, 0.15) is 24.1 Å². The van der Waals surface area contributed by atoms with Crippen molar-refractivity contribution in [2.75, 3.05) is 0 Å². The van der Waals surface area contributed by atoms with Gasteiger partial charge in [0.05, 0.1) is 17.4 Å². The van der Waals surface area contributed by atoms with Gasteiger partial charge in [-0.3, -0.25) is 4.98 Å². The van der Waals surface area contributed by atoms with Gasteiger partial charge in [-0.05, 0) is 35.9 Å². The second-order valence-electron chi connectivity index (χ2n) is 5.37. The molecule has 0 saturated heterocycles. The quantitative estimate of drug-likeness (QED) is 0.554. The predicted molar refractivity (Wildman–Crippen MR) is 87.2 cm³/mol. The number of hydrogen-bond donors (Lipinski definition) is 0. The summed E-state index contributed by atoms with van der Waals surface area (Å²) in [6.07, 6.45) is 3.36. The van der Waals surface area contributed by atoms with Crippen LogP contribution in [0.25, 0.3) is 16.6 Å². The zero-order valence-corrected chi connectivity index (χ0v) is 13.0. The zero-order chi connectivity index (χ0) is 16.0. The molecule has 4 rings (SSSR count). The van der Waals surface area contributed by atoms with E-state index < -0.39 is 0 Å². The lowest BCUT2D eigenvalue weighted by molar-refractivity contribution is 0.610. The lowest BCUT2D eigenvalue weighted by Gasteiger charge is -2.13. The Morgan fingerprint density at radius 1 is 1.13 bits per heavy atom. The Bertz CT molecular complexity index is 1030. The van der Waals surface area contributed by atoms with E-state index in [9.17, 15) is 4.39 Å². The van der Waals surface area contributed by atoms with E-state index in [0.717, 1.165) is 5.69 Å². The minimum atomic E-state index is -0.264. The number of hydrogen-bond acceptors (Lipinski definition) is 3. The van der Waals surface area contributed by atoms with Crippen LogP contribution in [0.2, 0.25) is 5.15 Å². The van der Waals surface area contributed by atoms with Crippen LogP contribution in [0.4, 0.5) is 4.39 Å². The number of benzene rings is 1. The molecule has 0 aliphatic carbocycles. The highest BCUT2D eigenvalue weighted by Gasteiger charge is 2.19. The van der Waals surface area contributed by atoms with E-state index >= 15 is 0 Å². The summed E-state index contributed by atoms with van der Waals surface area (Å²) in [5.41, 5.74) is 2.68. The number of pyridine rings is 1. The normalized spacial score (nSPS) is 12.8. The van der Waals surface area contributed by atoms with Gasteiger partial charge in [-0.2, -0.15) is 5.10 Å². The first kappa shape index (κ1) is 14.1. The van der Waals surface area contributed by atoms with Crippen LogP contribution in [-0.4, -0.2) is 19.6 Å². The minimum Gasteiger partial charge on any atom is -0.256 e. The summed E-state index contributed by atoms with van der Waals surface area (Å²) in [5, 5.41) is 5.14. The van der Waals surface area contributed by atoms with Gasteiger partial charge in [0, 0.05) is 17.5 Å². The van der Waals surface area contributed by atoms with E-state index in [0.29, 0.717) is 27.3 Å². The molecule has 23 heavy (non-hydrogen) atoms. The van der Waals surface area contributed by atoms with Gasteiger partial charge in [-0.25, -0.2) is 13.9 Å². The second-order valence-corrected chi connectivity index (χ2v) is 5.76. The van der Waals surface area contributed by atoms with Gasteiger partial charge < -0.3 is 0 Å². The number of rotatable bonds is 2. The van der Waals surface area contributed by atoms with Crippen LogP contribution < -0.4 is 0 Å². The summed E-state index contributed by atoms with van der Waals surface area (Å²) in [4.78, 5) is 8.48. The average Bonchev–Trinajstić information content (AvgIpc) is 2.98. The summed E-state index contributed by atoms with van der Waals surface area (Å²) >= 11 is 5.97. The largest absolute Gasteiger partial charge is 0.256 e. The van der Waals surface area contributed by atoms with Gasteiger partial charge in [-0.15, -0.1) is 0 Å². The molecule has 4 aromatic rings. The predicted octanol–water partition coefficient (Wildman–Crippen LogP) is 4.22. The molecule has 0 aliphatic heterocycles. The monoisotopic (exact) mass is 326 g/mol. The third kappa shape index (κ3) is 2.24. The molecule has 0 fully saturated rings. The van der Waals surface area contributed by atoms with Crippen molar-refractivity contribution < 1.29 is 4.39 Å². The summed E-state index contributed by atoms with van der Waals surface area (Å²) in [5.74, 6) is -0.486. The van der Waals surface area contributed by atoms with Crippen LogP contribution in [0.3, 0.4) is 0 Å². The average molecular weight is 327 g/mol. The van der Waals surface area contributed by atoms with E-state index in [4.69, 9.17) is 11.6 Å². The molecule has 114 valence electrons. The molecular formula is C17H12ClFN4. The summed E-state index contributed by atoms with van der Waals surface area (Å²) < 4.78 is 16.5. The van der Waals surface area contributed by atoms with Crippen molar-refractivity contribution in [2.45, 2.75) is 12.8 Å².